The standard InChI is InChI=1S/C38H43NO6/c1-5-24-38(39-27(2)40,45-37-33(41-3)20-13-21-34(37)42-4)32-19-12-18-31-30(32)22-23-35(43-25-28-14-8-6-9-15-28)36(31)44-26-29-16-10-7-11-17-29/h6-11,13-17,20-23,32H,5,12,18-19,24-26H2,1-4H3,(H,39,40). The molecule has 236 valence electrons. The first-order valence-electron chi connectivity index (χ1n) is 15.7. The van der Waals surface area contributed by atoms with Crippen molar-refractivity contribution in [1.29, 1.82) is 0 Å². The molecule has 5 rings (SSSR count). The number of carbonyl (C=O) groups excluding carboxylic acids is 1. The summed E-state index contributed by atoms with van der Waals surface area (Å²) in [6.07, 6.45) is 3.87. The Kier molecular flexibility index (Phi) is 10.5. The Hall–Kier alpha value is -4.65. The van der Waals surface area contributed by atoms with E-state index in [4.69, 9.17) is 23.7 Å². The molecule has 2 atom stereocenters. The largest absolute Gasteiger partial charge is 0.493 e. The highest BCUT2D eigenvalue weighted by Crippen LogP contribution is 2.50. The molecular formula is C38H43NO6. The third kappa shape index (κ3) is 7.36. The molecule has 1 amide bonds. The molecule has 0 spiro atoms. The maximum atomic E-state index is 12.9. The number of carbonyl (C=O) groups is 1. The van der Waals surface area contributed by atoms with E-state index < -0.39 is 5.72 Å². The molecular weight excluding hydrogens is 566 g/mol. The summed E-state index contributed by atoms with van der Waals surface area (Å²) in [7, 11) is 3.20. The van der Waals surface area contributed by atoms with Crippen LogP contribution >= 0.6 is 0 Å². The Morgan fingerprint density at radius 1 is 0.778 bits per heavy atom. The third-order valence-corrected chi connectivity index (χ3v) is 8.26. The van der Waals surface area contributed by atoms with Crippen molar-refractivity contribution in [2.45, 2.75) is 70.8 Å². The summed E-state index contributed by atoms with van der Waals surface area (Å²) in [6.45, 7) is 4.46. The van der Waals surface area contributed by atoms with Gasteiger partial charge in [-0.2, -0.15) is 0 Å². The average molecular weight is 610 g/mol. The predicted octanol–water partition coefficient (Wildman–Crippen LogP) is 7.99. The number of rotatable bonds is 14. The van der Waals surface area contributed by atoms with Crippen LogP contribution in [0.1, 0.15) is 67.7 Å². The monoisotopic (exact) mass is 609 g/mol. The maximum absolute atomic E-state index is 12.9. The fraction of sp³-hybridized carbons (Fsp3) is 0.342. The first-order valence-corrected chi connectivity index (χ1v) is 15.7. The number of hydrogen-bond acceptors (Lipinski definition) is 6. The van der Waals surface area contributed by atoms with Crippen LogP contribution in [0.15, 0.2) is 91.0 Å². The number of methoxy groups -OCH3 is 2. The molecule has 0 radical (unpaired) electrons. The number of ether oxygens (including phenoxy) is 5. The lowest BCUT2D eigenvalue weighted by Gasteiger charge is -2.44. The number of fused-ring (bicyclic) bond motifs is 1. The van der Waals surface area contributed by atoms with Crippen LogP contribution in [-0.2, 0) is 24.4 Å². The van der Waals surface area contributed by atoms with Gasteiger partial charge in [0.25, 0.3) is 0 Å². The van der Waals surface area contributed by atoms with Crippen molar-refractivity contribution in [3.05, 3.63) is 113 Å². The van der Waals surface area contributed by atoms with E-state index >= 15 is 0 Å². The molecule has 0 aromatic heterocycles. The normalized spacial score (nSPS) is 15.2. The summed E-state index contributed by atoms with van der Waals surface area (Å²) >= 11 is 0. The molecule has 2 unspecified atom stereocenters. The van der Waals surface area contributed by atoms with Crippen molar-refractivity contribution in [1.82, 2.24) is 5.32 Å². The molecule has 7 nitrogen and oxygen atoms in total. The van der Waals surface area contributed by atoms with Crippen LogP contribution in [0.3, 0.4) is 0 Å². The second kappa shape index (κ2) is 14.9. The highest BCUT2D eigenvalue weighted by molar-refractivity contribution is 5.74. The van der Waals surface area contributed by atoms with Gasteiger partial charge < -0.3 is 29.0 Å². The van der Waals surface area contributed by atoms with Crippen molar-refractivity contribution in [2.24, 2.45) is 0 Å². The van der Waals surface area contributed by atoms with Crippen LogP contribution in [0.2, 0.25) is 0 Å². The Balaban J connectivity index is 1.60. The highest BCUT2D eigenvalue weighted by atomic mass is 16.6. The van der Waals surface area contributed by atoms with E-state index in [2.05, 4.69) is 42.6 Å². The number of amides is 1. The fourth-order valence-corrected chi connectivity index (χ4v) is 6.31. The molecule has 45 heavy (non-hydrogen) atoms. The summed E-state index contributed by atoms with van der Waals surface area (Å²) in [5.41, 5.74) is 3.23. The zero-order chi connectivity index (χ0) is 31.6. The van der Waals surface area contributed by atoms with Gasteiger partial charge in [0.05, 0.1) is 14.2 Å². The van der Waals surface area contributed by atoms with Crippen LogP contribution in [0.4, 0.5) is 0 Å². The molecule has 4 aromatic rings. The Bertz CT molecular complexity index is 1540. The minimum atomic E-state index is -1.07. The summed E-state index contributed by atoms with van der Waals surface area (Å²) in [6, 6.07) is 29.9. The van der Waals surface area contributed by atoms with Gasteiger partial charge >= 0.3 is 0 Å². The maximum Gasteiger partial charge on any atom is 0.219 e. The van der Waals surface area contributed by atoms with Gasteiger partial charge in [0.1, 0.15) is 13.2 Å². The molecule has 0 saturated heterocycles. The van der Waals surface area contributed by atoms with Crippen molar-refractivity contribution in [3.63, 3.8) is 0 Å². The van der Waals surface area contributed by atoms with Gasteiger partial charge in [-0.3, -0.25) is 4.79 Å². The second-order valence-electron chi connectivity index (χ2n) is 11.4. The number of benzene rings is 4. The first-order chi connectivity index (χ1) is 22.0. The van der Waals surface area contributed by atoms with Gasteiger partial charge in [0.15, 0.2) is 28.7 Å². The highest BCUT2D eigenvalue weighted by Gasteiger charge is 2.46. The number of para-hydroxylation sites is 1. The zero-order valence-corrected chi connectivity index (χ0v) is 26.6. The lowest BCUT2D eigenvalue weighted by atomic mass is 9.74. The van der Waals surface area contributed by atoms with Crippen molar-refractivity contribution in [2.75, 3.05) is 14.2 Å². The van der Waals surface area contributed by atoms with E-state index in [1.165, 1.54) is 6.92 Å². The van der Waals surface area contributed by atoms with Crippen LogP contribution in [0, 0.1) is 0 Å². The van der Waals surface area contributed by atoms with Crippen LogP contribution < -0.4 is 29.0 Å². The van der Waals surface area contributed by atoms with E-state index in [1.807, 2.05) is 60.7 Å². The molecule has 0 saturated carbocycles. The van der Waals surface area contributed by atoms with E-state index in [0.717, 1.165) is 53.7 Å². The molecule has 0 aliphatic heterocycles. The molecule has 0 heterocycles. The summed E-state index contributed by atoms with van der Waals surface area (Å²) in [5.74, 6) is 2.61. The zero-order valence-electron chi connectivity index (χ0n) is 26.6. The third-order valence-electron chi connectivity index (χ3n) is 8.26. The summed E-state index contributed by atoms with van der Waals surface area (Å²) in [4.78, 5) is 12.9. The number of nitrogens with one attached hydrogen (secondary N) is 1. The van der Waals surface area contributed by atoms with Crippen molar-refractivity contribution >= 4 is 5.91 Å². The van der Waals surface area contributed by atoms with Gasteiger partial charge in [-0.25, -0.2) is 0 Å². The van der Waals surface area contributed by atoms with Gasteiger partial charge in [-0.05, 0) is 54.2 Å². The van der Waals surface area contributed by atoms with Crippen molar-refractivity contribution in [3.8, 4) is 28.7 Å². The van der Waals surface area contributed by atoms with Gasteiger partial charge in [0.2, 0.25) is 11.7 Å². The minimum Gasteiger partial charge on any atom is -0.493 e. The molecule has 7 heteroatoms. The molecule has 0 fully saturated rings. The van der Waals surface area contributed by atoms with Crippen molar-refractivity contribution < 1.29 is 28.5 Å². The topological polar surface area (TPSA) is 75.3 Å². The first kappa shape index (κ1) is 31.8. The van der Waals surface area contributed by atoms with Crippen LogP contribution in [0.25, 0.3) is 0 Å². The smallest absolute Gasteiger partial charge is 0.219 e. The number of hydrogen-bond donors (Lipinski definition) is 1. The average Bonchev–Trinajstić information content (AvgIpc) is 3.07. The van der Waals surface area contributed by atoms with E-state index in [1.54, 1.807) is 14.2 Å². The van der Waals surface area contributed by atoms with Crippen LogP contribution in [-0.4, -0.2) is 25.9 Å². The van der Waals surface area contributed by atoms with Gasteiger partial charge in [0, 0.05) is 24.8 Å². The lowest BCUT2D eigenvalue weighted by Crippen LogP contribution is -2.57. The lowest BCUT2D eigenvalue weighted by molar-refractivity contribution is -0.127. The molecule has 1 aliphatic rings. The Labute approximate surface area is 266 Å². The van der Waals surface area contributed by atoms with Gasteiger partial charge in [-0.1, -0.05) is 86.1 Å². The Morgan fingerprint density at radius 3 is 1.98 bits per heavy atom. The Morgan fingerprint density at radius 2 is 1.40 bits per heavy atom. The van der Waals surface area contributed by atoms with E-state index in [-0.39, 0.29) is 11.8 Å². The summed E-state index contributed by atoms with van der Waals surface area (Å²) < 4.78 is 31.3. The van der Waals surface area contributed by atoms with E-state index in [0.29, 0.717) is 42.6 Å². The SMILES string of the molecule is CCCC(NC(C)=O)(Oc1c(OC)cccc1OC)C1CCCc2c1ccc(OCc1ccccc1)c2OCc1ccccc1. The second-order valence-corrected chi connectivity index (χ2v) is 11.4. The quantitative estimate of drug-likeness (QED) is 0.146. The molecule has 1 N–H and O–H groups in total. The summed E-state index contributed by atoms with van der Waals surface area (Å²) in [5, 5.41) is 3.25. The molecule has 4 aromatic carbocycles. The predicted molar refractivity (Wildman–Crippen MR) is 175 cm³/mol. The molecule has 0 bridgehead atoms. The molecule has 1 aliphatic carbocycles. The van der Waals surface area contributed by atoms with E-state index in [9.17, 15) is 4.79 Å². The van der Waals surface area contributed by atoms with Crippen LogP contribution in [0.5, 0.6) is 28.7 Å². The fourth-order valence-electron chi connectivity index (χ4n) is 6.31. The van der Waals surface area contributed by atoms with Gasteiger partial charge in [-0.15, -0.1) is 0 Å². The minimum absolute atomic E-state index is 0.173.